The minimum atomic E-state index is -0.0721. The Morgan fingerprint density at radius 1 is 0.939 bits per heavy atom. The second-order valence-electron chi connectivity index (χ2n) is 8.93. The van der Waals surface area contributed by atoms with Crippen molar-refractivity contribution >= 4 is 11.8 Å². The molecule has 1 atom stereocenters. The summed E-state index contributed by atoms with van der Waals surface area (Å²) in [7, 11) is 0. The summed E-state index contributed by atoms with van der Waals surface area (Å²) in [5.41, 5.74) is 6.06. The van der Waals surface area contributed by atoms with Crippen LogP contribution in [0.15, 0.2) is 72.8 Å². The molecule has 0 saturated carbocycles. The maximum atomic E-state index is 13.1. The van der Waals surface area contributed by atoms with Crippen LogP contribution in [0.25, 0.3) is 0 Å². The lowest BCUT2D eigenvalue weighted by Crippen LogP contribution is -2.39. The molecule has 2 amide bonds. The van der Waals surface area contributed by atoms with Crippen molar-refractivity contribution in [2.45, 2.75) is 45.6 Å². The van der Waals surface area contributed by atoms with Crippen LogP contribution in [-0.2, 0) is 13.0 Å². The predicted molar refractivity (Wildman–Crippen MR) is 132 cm³/mol. The van der Waals surface area contributed by atoms with Gasteiger partial charge in [0.25, 0.3) is 11.8 Å². The lowest BCUT2D eigenvalue weighted by atomic mass is 9.89. The molecule has 1 fully saturated rings. The first-order valence-corrected chi connectivity index (χ1v) is 11.9. The van der Waals surface area contributed by atoms with Crippen LogP contribution in [-0.4, -0.2) is 29.8 Å². The maximum absolute atomic E-state index is 13.1. The average Bonchev–Trinajstić information content (AvgIpc) is 2.88. The second-order valence-corrected chi connectivity index (χ2v) is 8.93. The number of nitrogens with one attached hydrogen (secondary N) is 1. The van der Waals surface area contributed by atoms with Crippen LogP contribution in [0.4, 0.5) is 0 Å². The van der Waals surface area contributed by atoms with Crippen molar-refractivity contribution in [2.24, 2.45) is 0 Å². The van der Waals surface area contributed by atoms with Gasteiger partial charge in [0, 0.05) is 36.7 Å². The molecule has 1 aliphatic rings. The summed E-state index contributed by atoms with van der Waals surface area (Å²) < 4.78 is 0. The number of nitrogens with zero attached hydrogens (tertiary/aromatic N) is 1. The lowest BCUT2D eigenvalue weighted by Gasteiger charge is -2.33. The second kappa shape index (κ2) is 10.5. The van der Waals surface area contributed by atoms with E-state index in [1.54, 1.807) is 0 Å². The number of likely N-dealkylation sites (tertiary alicyclic amines) is 1. The molecule has 4 nitrogen and oxygen atoms in total. The van der Waals surface area contributed by atoms with Crippen molar-refractivity contribution in [2.75, 3.05) is 13.1 Å². The summed E-state index contributed by atoms with van der Waals surface area (Å²) in [6.07, 6.45) is 2.95. The normalized spacial score (nSPS) is 15.8. The zero-order valence-corrected chi connectivity index (χ0v) is 19.5. The summed E-state index contributed by atoms with van der Waals surface area (Å²) >= 11 is 0. The van der Waals surface area contributed by atoms with Crippen LogP contribution in [0.3, 0.4) is 0 Å². The van der Waals surface area contributed by atoms with Gasteiger partial charge in [-0.25, -0.2) is 0 Å². The highest BCUT2D eigenvalue weighted by molar-refractivity contribution is 5.95. The number of benzene rings is 3. The van der Waals surface area contributed by atoms with E-state index >= 15 is 0 Å². The minimum Gasteiger partial charge on any atom is -0.348 e. The predicted octanol–water partition coefficient (Wildman–Crippen LogP) is 5.51. The van der Waals surface area contributed by atoms with Gasteiger partial charge in [0.2, 0.25) is 0 Å². The molecule has 4 heteroatoms. The van der Waals surface area contributed by atoms with Gasteiger partial charge in [-0.05, 0) is 67.1 Å². The van der Waals surface area contributed by atoms with Gasteiger partial charge in [-0.3, -0.25) is 9.59 Å². The summed E-state index contributed by atoms with van der Waals surface area (Å²) in [5.74, 6) is 0.258. The third kappa shape index (κ3) is 5.70. The number of hydrogen-bond acceptors (Lipinski definition) is 2. The Balaban J connectivity index is 1.40. The van der Waals surface area contributed by atoms with Crippen molar-refractivity contribution in [3.63, 3.8) is 0 Å². The van der Waals surface area contributed by atoms with E-state index in [0.29, 0.717) is 18.7 Å². The van der Waals surface area contributed by atoms with E-state index in [2.05, 4.69) is 37.4 Å². The van der Waals surface area contributed by atoms with Crippen molar-refractivity contribution in [3.05, 3.63) is 106 Å². The van der Waals surface area contributed by atoms with Crippen molar-refractivity contribution < 1.29 is 9.59 Å². The fourth-order valence-corrected chi connectivity index (χ4v) is 4.42. The van der Waals surface area contributed by atoms with E-state index in [4.69, 9.17) is 0 Å². The van der Waals surface area contributed by atoms with Crippen LogP contribution in [0.5, 0.6) is 0 Å². The molecule has 1 saturated heterocycles. The average molecular weight is 441 g/mol. The van der Waals surface area contributed by atoms with E-state index in [-0.39, 0.29) is 17.7 Å². The number of carbonyl (C=O) groups excluding carboxylic acids is 2. The Morgan fingerprint density at radius 3 is 2.39 bits per heavy atom. The van der Waals surface area contributed by atoms with Gasteiger partial charge < -0.3 is 10.2 Å². The molecule has 170 valence electrons. The van der Waals surface area contributed by atoms with Gasteiger partial charge in [0.15, 0.2) is 0 Å². The highest BCUT2D eigenvalue weighted by Gasteiger charge is 2.26. The molecule has 1 heterocycles. The molecule has 0 radical (unpaired) electrons. The highest BCUT2D eigenvalue weighted by Crippen LogP contribution is 2.28. The van der Waals surface area contributed by atoms with E-state index in [1.165, 1.54) is 11.1 Å². The molecule has 3 aromatic carbocycles. The number of carbonyl (C=O) groups is 2. The summed E-state index contributed by atoms with van der Waals surface area (Å²) in [6.45, 7) is 6.13. The van der Waals surface area contributed by atoms with Gasteiger partial charge in [-0.15, -0.1) is 0 Å². The number of amides is 2. The molecular formula is C29H32N2O2. The van der Waals surface area contributed by atoms with Gasteiger partial charge in [0.05, 0.1) is 0 Å². The fraction of sp³-hybridized carbons (Fsp3) is 0.310. The Hall–Kier alpha value is -3.40. The zero-order valence-electron chi connectivity index (χ0n) is 19.5. The Labute approximate surface area is 196 Å². The highest BCUT2D eigenvalue weighted by atomic mass is 16.2. The van der Waals surface area contributed by atoms with E-state index in [1.807, 2.05) is 59.5 Å². The standard InChI is InChI=1S/C29H32N2O2/c1-3-22-13-15-24(16-14-22)29(33)31-17-5-8-27(20-31)25-6-4-7-26(18-25)28(32)30-19-23-11-9-21(2)10-12-23/h4,6-7,9-16,18,27H,3,5,8,17,19-20H2,1-2H3,(H,30,32). The molecular weight excluding hydrogens is 408 g/mol. The number of rotatable bonds is 6. The first kappa shape index (κ1) is 22.8. The molecule has 4 rings (SSSR count). The quantitative estimate of drug-likeness (QED) is 0.550. The molecule has 0 spiro atoms. The summed E-state index contributed by atoms with van der Waals surface area (Å²) in [5, 5.41) is 3.02. The summed E-state index contributed by atoms with van der Waals surface area (Å²) in [6, 6.07) is 24.0. The van der Waals surface area contributed by atoms with Gasteiger partial charge in [-0.1, -0.05) is 61.0 Å². The third-order valence-electron chi connectivity index (χ3n) is 6.51. The van der Waals surface area contributed by atoms with E-state index in [0.717, 1.165) is 42.5 Å². The van der Waals surface area contributed by atoms with Gasteiger partial charge >= 0.3 is 0 Å². The van der Waals surface area contributed by atoms with Crippen molar-refractivity contribution in [1.82, 2.24) is 10.2 Å². The topological polar surface area (TPSA) is 49.4 Å². The largest absolute Gasteiger partial charge is 0.348 e. The monoisotopic (exact) mass is 440 g/mol. The third-order valence-corrected chi connectivity index (χ3v) is 6.51. The van der Waals surface area contributed by atoms with Gasteiger partial charge in [-0.2, -0.15) is 0 Å². The van der Waals surface area contributed by atoms with Crippen LogP contribution < -0.4 is 5.32 Å². The number of hydrogen-bond donors (Lipinski definition) is 1. The molecule has 0 bridgehead atoms. The number of aryl methyl sites for hydroxylation is 2. The summed E-state index contributed by atoms with van der Waals surface area (Å²) in [4.78, 5) is 27.8. The first-order valence-electron chi connectivity index (χ1n) is 11.9. The molecule has 1 aliphatic heterocycles. The van der Waals surface area contributed by atoms with Crippen LogP contribution in [0.2, 0.25) is 0 Å². The van der Waals surface area contributed by atoms with E-state index in [9.17, 15) is 9.59 Å². The lowest BCUT2D eigenvalue weighted by molar-refractivity contribution is 0.0706. The zero-order chi connectivity index (χ0) is 23.2. The van der Waals surface area contributed by atoms with Crippen molar-refractivity contribution in [1.29, 1.82) is 0 Å². The molecule has 0 aliphatic carbocycles. The van der Waals surface area contributed by atoms with Crippen LogP contribution in [0, 0.1) is 6.92 Å². The maximum Gasteiger partial charge on any atom is 0.253 e. The first-order chi connectivity index (χ1) is 16.0. The fourth-order valence-electron chi connectivity index (χ4n) is 4.42. The Morgan fingerprint density at radius 2 is 1.67 bits per heavy atom. The van der Waals surface area contributed by atoms with Crippen molar-refractivity contribution in [3.8, 4) is 0 Å². The molecule has 0 aromatic heterocycles. The molecule has 1 unspecified atom stereocenters. The SMILES string of the molecule is CCc1ccc(C(=O)N2CCCC(c3cccc(C(=O)NCc4ccc(C)cc4)c3)C2)cc1. The Kier molecular flexibility index (Phi) is 7.23. The van der Waals surface area contributed by atoms with Crippen LogP contribution in [0.1, 0.15) is 68.7 Å². The van der Waals surface area contributed by atoms with E-state index < -0.39 is 0 Å². The Bertz CT molecular complexity index is 1100. The number of piperidine rings is 1. The minimum absolute atomic E-state index is 0.0721. The molecule has 1 N–H and O–H groups in total. The smallest absolute Gasteiger partial charge is 0.253 e. The molecule has 33 heavy (non-hydrogen) atoms. The van der Waals surface area contributed by atoms with Crippen LogP contribution >= 0.6 is 0 Å². The molecule has 3 aromatic rings. The van der Waals surface area contributed by atoms with Gasteiger partial charge in [0.1, 0.15) is 0 Å².